The average Bonchev–Trinajstić information content (AvgIpc) is 2.65. The van der Waals surface area contributed by atoms with E-state index in [0.717, 1.165) is 28.7 Å². The van der Waals surface area contributed by atoms with E-state index in [1.165, 1.54) is 0 Å². The van der Waals surface area contributed by atoms with Crippen LogP contribution in [0.2, 0.25) is 0 Å². The molecule has 0 spiro atoms. The summed E-state index contributed by atoms with van der Waals surface area (Å²) in [6.45, 7) is 7.51. The van der Waals surface area contributed by atoms with Crippen LogP contribution in [0.3, 0.4) is 0 Å². The molecule has 1 heterocycles. The Bertz CT molecular complexity index is 1020. The summed E-state index contributed by atoms with van der Waals surface area (Å²) in [4.78, 5) is 31.0. The van der Waals surface area contributed by atoms with Gasteiger partial charge in [-0.2, -0.15) is 0 Å². The second kappa shape index (κ2) is 9.52. The molecule has 0 aliphatic rings. The van der Waals surface area contributed by atoms with Crippen molar-refractivity contribution in [2.45, 2.75) is 13.8 Å². The van der Waals surface area contributed by atoms with Gasteiger partial charge in [-0.1, -0.05) is 19.9 Å². The normalized spacial score (nSPS) is 11.0. The molecule has 0 saturated heterocycles. The number of fused-ring (bicyclic) bond motifs is 2. The van der Waals surface area contributed by atoms with Crippen LogP contribution >= 0.6 is 35.0 Å². The Kier molecular flexibility index (Phi) is 7.64. The van der Waals surface area contributed by atoms with Gasteiger partial charge >= 0.3 is 0 Å². The van der Waals surface area contributed by atoms with Gasteiger partial charge in [-0.25, -0.2) is 0 Å². The van der Waals surface area contributed by atoms with Crippen LogP contribution < -0.4 is 10.7 Å². The third kappa shape index (κ3) is 4.62. The van der Waals surface area contributed by atoms with Crippen molar-refractivity contribution in [2.24, 2.45) is 0 Å². The fourth-order valence-corrected chi connectivity index (χ4v) is 3.61. The van der Waals surface area contributed by atoms with Gasteiger partial charge in [-0.05, 0) is 66.0 Å². The largest absolute Gasteiger partial charge is 0.354 e. The van der Waals surface area contributed by atoms with E-state index in [9.17, 15) is 9.59 Å². The summed E-state index contributed by atoms with van der Waals surface area (Å²) in [6.07, 6.45) is 0. The molecular weight excluding hydrogens is 475 g/mol. The van der Waals surface area contributed by atoms with E-state index in [1.807, 2.05) is 18.2 Å². The Balaban J connectivity index is 0.00000261. The number of pyridine rings is 1. The molecule has 0 saturated carbocycles. The molecule has 2 aromatic carbocycles. The van der Waals surface area contributed by atoms with Gasteiger partial charge < -0.3 is 15.2 Å². The van der Waals surface area contributed by atoms with Crippen LogP contribution in [-0.2, 0) is 0 Å². The van der Waals surface area contributed by atoms with Crippen LogP contribution in [0.4, 0.5) is 0 Å². The van der Waals surface area contributed by atoms with Crippen LogP contribution in [0.15, 0.2) is 41.2 Å². The number of halogens is 2. The highest BCUT2D eigenvalue weighted by molar-refractivity contribution is 14.1. The summed E-state index contributed by atoms with van der Waals surface area (Å²) in [7, 11) is 0. The minimum atomic E-state index is -0.164. The molecule has 0 bridgehead atoms. The van der Waals surface area contributed by atoms with E-state index in [0.29, 0.717) is 28.4 Å². The summed E-state index contributed by atoms with van der Waals surface area (Å²) in [5.41, 5.74) is 1.78. The Morgan fingerprint density at radius 3 is 2.59 bits per heavy atom. The van der Waals surface area contributed by atoms with Gasteiger partial charge in [0, 0.05) is 32.9 Å². The molecule has 0 aliphatic carbocycles. The third-order valence-corrected chi connectivity index (χ3v) is 5.32. The minimum Gasteiger partial charge on any atom is -0.354 e. The molecule has 144 valence electrons. The number of carbonyl (C=O) groups excluding carboxylic acids is 1. The first-order valence-corrected chi connectivity index (χ1v) is 9.87. The molecule has 0 radical (unpaired) electrons. The number of carbonyl (C=O) groups is 1. The van der Waals surface area contributed by atoms with E-state index >= 15 is 0 Å². The molecular formula is C20H23ClIN3O2. The first kappa shape index (κ1) is 21.7. The number of hydrogen-bond acceptors (Lipinski definition) is 3. The lowest BCUT2D eigenvalue weighted by atomic mass is 10.1. The van der Waals surface area contributed by atoms with Gasteiger partial charge in [0.05, 0.1) is 11.1 Å². The Morgan fingerprint density at radius 1 is 1.15 bits per heavy atom. The molecule has 1 aromatic heterocycles. The van der Waals surface area contributed by atoms with Crippen molar-refractivity contribution in [3.05, 3.63) is 55.8 Å². The number of aromatic nitrogens is 1. The van der Waals surface area contributed by atoms with E-state index in [2.05, 4.69) is 51.6 Å². The number of amides is 1. The van der Waals surface area contributed by atoms with E-state index in [1.54, 1.807) is 18.2 Å². The van der Waals surface area contributed by atoms with Crippen LogP contribution in [0.1, 0.15) is 24.2 Å². The quantitative estimate of drug-likeness (QED) is 0.402. The van der Waals surface area contributed by atoms with Crippen LogP contribution in [0, 0.1) is 3.57 Å². The highest BCUT2D eigenvalue weighted by Gasteiger charge is 2.14. The molecule has 27 heavy (non-hydrogen) atoms. The number of likely N-dealkylation sites (N-methyl/N-ethyl adjacent to an activating group) is 1. The van der Waals surface area contributed by atoms with E-state index in [-0.39, 0.29) is 23.7 Å². The van der Waals surface area contributed by atoms with Gasteiger partial charge in [-0.15, -0.1) is 12.4 Å². The van der Waals surface area contributed by atoms with E-state index < -0.39 is 0 Å². The van der Waals surface area contributed by atoms with Crippen molar-refractivity contribution < 1.29 is 4.79 Å². The summed E-state index contributed by atoms with van der Waals surface area (Å²) in [6, 6.07) is 11.0. The zero-order chi connectivity index (χ0) is 18.7. The van der Waals surface area contributed by atoms with E-state index in [4.69, 9.17) is 0 Å². The standard InChI is InChI=1S/C20H22IN3O2.ClH/c1-3-24(4-2)11-10-22-20(26)15-7-5-6-14-18(15)23-17-9-8-13(21)12-16(17)19(14)25;/h5-9,12H,3-4,10-11H2,1-2H3,(H,22,26)(H,23,25);1H/i21-2;. The SMILES string of the molecule is CCN(CC)CCNC(=O)c1cccc2c(=O)c3cc([125I])ccc3[nH]c12.Cl. The van der Waals surface area contributed by atoms with Crippen molar-refractivity contribution in [2.75, 3.05) is 26.2 Å². The number of H-pyrrole nitrogens is 1. The maximum absolute atomic E-state index is 12.8. The highest BCUT2D eigenvalue weighted by atomic mass is 125. The number of nitrogens with zero attached hydrogens (tertiary/aromatic N) is 1. The maximum atomic E-state index is 12.8. The van der Waals surface area contributed by atoms with Crippen LogP contribution in [-0.4, -0.2) is 42.0 Å². The van der Waals surface area contributed by atoms with Crippen molar-refractivity contribution in [1.82, 2.24) is 15.2 Å². The second-order valence-corrected chi connectivity index (χ2v) is 7.40. The Labute approximate surface area is 178 Å². The topological polar surface area (TPSA) is 65.2 Å². The van der Waals surface area contributed by atoms with Gasteiger partial charge in [0.15, 0.2) is 5.43 Å². The molecule has 0 unspecified atom stereocenters. The number of aromatic amines is 1. The van der Waals surface area contributed by atoms with Gasteiger partial charge in [-0.3, -0.25) is 9.59 Å². The third-order valence-electron chi connectivity index (χ3n) is 4.65. The molecule has 0 fully saturated rings. The Morgan fingerprint density at radius 2 is 1.89 bits per heavy atom. The zero-order valence-corrected chi connectivity index (χ0v) is 18.3. The van der Waals surface area contributed by atoms with Gasteiger partial charge in [0.25, 0.3) is 5.91 Å². The van der Waals surface area contributed by atoms with Crippen molar-refractivity contribution >= 4 is 62.7 Å². The lowest BCUT2D eigenvalue weighted by Gasteiger charge is -2.18. The number of nitrogens with one attached hydrogen (secondary N) is 2. The Hall–Kier alpha value is -1.64. The number of hydrogen-bond donors (Lipinski definition) is 2. The first-order valence-electron chi connectivity index (χ1n) is 8.80. The lowest BCUT2D eigenvalue weighted by molar-refractivity contribution is 0.0950. The maximum Gasteiger partial charge on any atom is 0.253 e. The second-order valence-electron chi connectivity index (χ2n) is 6.15. The fraction of sp³-hybridized carbons (Fsp3) is 0.300. The van der Waals surface area contributed by atoms with Crippen molar-refractivity contribution in [3.8, 4) is 0 Å². The summed E-state index contributed by atoms with van der Waals surface area (Å²) < 4.78 is 1.00. The number of para-hydroxylation sites is 1. The fourth-order valence-electron chi connectivity index (χ4n) is 3.12. The number of rotatable bonds is 6. The smallest absolute Gasteiger partial charge is 0.253 e. The van der Waals surface area contributed by atoms with Gasteiger partial charge in [0.2, 0.25) is 0 Å². The predicted molar refractivity (Wildman–Crippen MR) is 122 cm³/mol. The monoisotopic (exact) mass is 497 g/mol. The van der Waals surface area contributed by atoms with Crippen molar-refractivity contribution in [3.63, 3.8) is 0 Å². The number of benzene rings is 2. The summed E-state index contributed by atoms with van der Waals surface area (Å²) in [5.74, 6) is -0.164. The van der Waals surface area contributed by atoms with Crippen molar-refractivity contribution in [1.29, 1.82) is 0 Å². The molecule has 7 heteroatoms. The minimum absolute atomic E-state index is 0. The lowest BCUT2D eigenvalue weighted by Crippen LogP contribution is -2.35. The summed E-state index contributed by atoms with van der Waals surface area (Å²) >= 11 is 2.19. The highest BCUT2D eigenvalue weighted by Crippen LogP contribution is 2.20. The average molecular weight is 498 g/mol. The molecule has 3 rings (SSSR count). The molecule has 0 aliphatic heterocycles. The molecule has 5 nitrogen and oxygen atoms in total. The first-order chi connectivity index (χ1) is 12.5. The van der Waals surface area contributed by atoms with Crippen LogP contribution in [0.25, 0.3) is 21.8 Å². The van der Waals surface area contributed by atoms with Crippen LogP contribution in [0.5, 0.6) is 0 Å². The zero-order valence-electron chi connectivity index (χ0n) is 15.3. The van der Waals surface area contributed by atoms with Gasteiger partial charge in [0.1, 0.15) is 0 Å². The predicted octanol–water partition coefficient (Wildman–Crippen LogP) is 3.78. The summed E-state index contributed by atoms with van der Waals surface area (Å²) in [5, 5.41) is 4.14. The molecule has 3 aromatic rings. The molecule has 0 atom stereocenters. The molecule has 2 N–H and O–H groups in total. The molecule has 1 amide bonds.